The van der Waals surface area contributed by atoms with E-state index in [1.54, 1.807) is 0 Å². The summed E-state index contributed by atoms with van der Waals surface area (Å²) in [6, 6.07) is 9.52. The number of ether oxygens (including phenoxy) is 2. The Hall–Kier alpha value is -1.43. The van der Waals surface area contributed by atoms with E-state index in [2.05, 4.69) is 5.32 Å². The Balaban J connectivity index is 2.89. The van der Waals surface area contributed by atoms with Crippen LogP contribution in [0.1, 0.15) is 26.3 Å². The maximum absolute atomic E-state index is 12.1. The summed E-state index contributed by atoms with van der Waals surface area (Å²) in [5.41, 5.74) is 5.46. The minimum Gasteiger partial charge on any atom is -0.379 e. The summed E-state index contributed by atoms with van der Waals surface area (Å²) in [5.74, 6) is -0.446. The topological polar surface area (TPSA) is 73.6 Å². The number of hydrogen-bond donors (Lipinski definition) is 2. The first-order chi connectivity index (χ1) is 10.0. The molecule has 0 saturated carbocycles. The van der Waals surface area contributed by atoms with Crippen molar-refractivity contribution >= 4 is 5.91 Å². The van der Waals surface area contributed by atoms with E-state index in [9.17, 15) is 4.79 Å². The first kappa shape index (κ1) is 17.6. The van der Waals surface area contributed by atoms with E-state index in [4.69, 9.17) is 15.2 Å². The maximum Gasteiger partial charge on any atom is 0.244 e. The standard InChI is InChI=1S/C16H26N2O3/c1-4-20-10-11-21-12-16(15(17)19,18-13(2)3)14-8-6-5-7-9-14/h5-9,13,18H,4,10-12H2,1-3H3,(H2,17,19). The van der Waals surface area contributed by atoms with Gasteiger partial charge >= 0.3 is 0 Å². The number of rotatable bonds is 10. The van der Waals surface area contributed by atoms with Crippen LogP contribution in [0.15, 0.2) is 30.3 Å². The molecule has 0 aliphatic rings. The minimum atomic E-state index is -1.03. The molecule has 118 valence electrons. The average Bonchev–Trinajstić information content (AvgIpc) is 2.46. The number of nitrogens with two attached hydrogens (primary N) is 1. The van der Waals surface area contributed by atoms with Crippen LogP contribution < -0.4 is 11.1 Å². The predicted molar refractivity (Wildman–Crippen MR) is 82.9 cm³/mol. The quantitative estimate of drug-likeness (QED) is 0.640. The van der Waals surface area contributed by atoms with Crippen molar-refractivity contribution in [3.8, 4) is 0 Å². The molecule has 3 N–H and O–H groups in total. The molecule has 0 spiro atoms. The fourth-order valence-electron chi connectivity index (χ4n) is 2.20. The van der Waals surface area contributed by atoms with E-state index in [-0.39, 0.29) is 12.6 Å². The smallest absolute Gasteiger partial charge is 0.244 e. The zero-order valence-electron chi connectivity index (χ0n) is 13.1. The second-order valence-electron chi connectivity index (χ2n) is 5.18. The number of carbonyl (C=O) groups excluding carboxylic acids is 1. The lowest BCUT2D eigenvalue weighted by atomic mass is 9.89. The largest absolute Gasteiger partial charge is 0.379 e. The molecular formula is C16H26N2O3. The Labute approximate surface area is 126 Å². The molecule has 0 aliphatic carbocycles. The summed E-state index contributed by atoms with van der Waals surface area (Å²) >= 11 is 0. The van der Waals surface area contributed by atoms with Crippen molar-refractivity contribution in [2.75, 3.05) is 26.4 Å². The Bertz CT molecular complexity index is 423. The van der Waals surface area contributed by atoms with E-state index in [1.807, 2.05) is 51.1 Å². The van der Waals surface area contributed by atoms with Crippen LogP contribution in [0.3, 0.4) is 0 Å². The first-order valence-electron chi connectivity index (χ1n) is 7.31. The summed E-state index contributed by atoms with van der Waals surface area (Å²) in [7, 11) is 0. The highest BCUT2D eigenvalue weighted by Crippen LogP contribution is 2.22. The van der Waals surface area contributed by atoms with Gasteiger partial charge in [0.15, 0.2) is 0 Å². The second-order valence-corrected chi connectivity index (χ2v) is 5.18. The highest BCUT2D eigenvalue weighted by atomic mass is 16.5. The van der Waals surface area contributed by atoms with Gasteiger partial charge < -0.3 is 15.2 Å². The SMILES string of the molecule is CCOCCOCC(NC(C)C)(C(N)=O)c1ccccc1. The summed E-state index contributed by atoms with van der Waals surface area (Å²) in [4.78, 5) is 12.1. The molecular weight excluding hydrogens is 268 g/mol. The highest BCUT2D eigenvalue weighted by molar-refractivity contribution is 5.86. The number of benzene rings is 1. The van der Waals surface area contributed by atoms with Crippen molar-refractivity contribution in [3.05, 3.63) is 35.9 Å². The molecule has 21 heavy (non-hydrogen) atoms. The van der Waals surface area contributed by atoms with Crippen LogP contribution >= 0.6 is 0 Å². The molecule has 1 unspecified atom stereocenters. The normalized spacial score (nSPS) is 14.1. The predicted octanol–water partition coefficient (Wildman–Crippen LogP) is 1.42. The fourth-order valence-corrected chi connectivity index (χ4v) is 2.20. The number of hydrogen-bond acceptors (Lipinski definition) is 4. The third-order valence-electron chi connectivity index (χ3n) is 3.12. The van der Waals surface area contributed by atoms with Gasteiger partial charge in [0.1, 0.15) is 5.54 Å². The van der Waals surface area contributed by atoms with Crippen LogP contribution in [-0.2, 0) is 19.8 Å². The van der Waals surface area contributed by atoms with Crippen LogP contribution in [0.2, 0.25) is 0 Å². The molecule has 5 nitrogen and oxygen atoms in total. The van der Waals surface area contributed by atoms with Gasteiger partial charge in [-0.3, -0.25) is 10.1 Å². The maximum atomic E-state index is 12.1. The molecule has 0 aromatic heterocycles. The Morgan fingerprint density at radius 3 is 2.38 bits per heavy atom. The molecule has 0 fully saturated rings. The lowest BCUT2D eigenvalue weighted by molar-refractivity contribution is -0.128. The molecule has 1 rings (SSSR count). The molecule has 1 amide bonds. The van der Waals surface area contributed by atoms with Gasteiger partial charge in [-0.1, -0.05) is 30.3 Å². The monoisotopic (exact) mass is 294 g/mol. The second kappa shape index (κ2) is 8.77. The third-order valence-corrected chi connectivity index (χ3v) is 3.12. The summed E-state index contributed by atoms with van der Waals surface area (Å²) in [5, 5.41) is 3.26. The third kappa shape index (κ3) is 5.12. The van der Waals surface area contributed by atoms with E-state index in [0.717, 1.165) is 5.56 Å². The van der Waals surface area contributed by atoms with Gasteiger partial charge in [-0.25, -0.2) is 0 Å². The summed E-state index contributed by atoms with van der Waals surface area (Å²) in [6.45, 7) is 7.63. The lowest BCUT2D eigenvalue weighted by Crippen LogP contribution is -2.58. The fraction of sp³-hybridized carbons (Fsp3) is 0.562. The van der Waals surface area contributed by atoms with Gasteiger partial charge in [0.25, 0.3) is 0 Å². The molecule has 0 bridgehead atoms. The van der Waals surface area contributed by atoms with E-state index >= 15 is 0 Å². The molecule has 1 atom stereocenters. The van der Waals surface area contributed by atoms with Crippen molar-refractivity contribution < 1.29 is 14.3 Å². The van der Waals surface area contributed by atoms with E-state index < -0.39 is 11.4 Å². The highest BCUT2D eigenvalue weighted by Gasteiger charge is 2.39. The van der Waals surface area contributed by atoms with Crippen molar-refractivity contribution in [3.63, 3.8) is 0 Å². The van der Waals surface area contributed by atoms with Gasteiger partial charge in [-0.05, 0) is 26.3 Å². The van der Waals surface area contributed by atoms with Gasteiger partial charge in [0.2, 0.25) is 5.91 Å². The van der Waals surface area contributed by atoms with Crippen molar-refractivity contribution in [1.29, 1.82) is 0 Å². The van der Waals surface area contributed by atoms with E-state index in [0.29, 0.717) is 19.8 Å². The molecule has 5 heteroatoms. The van der Waals surface area contributed by atoms with Crippen molar-refractivity contribution in [2.24, 2.45) is 5.73 Å². The number of nitrogens with one attached hydrogen (secondary N) is 1. The number of carbonyl (C=O) groups is 1. The molecule has 1 aromatic carbocycles. The van der Waals surface area contributed by atoms with Crippen LogP contribution in [-0.4, -0.2) is 38.4 Å². The lowest BCUT2D eigenvalue weighted by Gasteiger charge is -2.34. The van der Waals surface area contributed by atoms with Gasteiger partial charge in [0, 0.05) is 12.6 Å². The molecule has 0 heterocycles. The van der Waals surface area contributed by atoms with Crippen molar-refractivity contribution in [1.82, 2.24) is 5.32 Å². The average molecular weight is 294 g/mol. The molecule has 0 aliphatic heterocycles. The Morgan fingerprint density at radius 1 is 1.24 bits per heavy atom. The van der Waals surface area contributed by atoms with Crippen molar-refractivity contribution in [2.45, 2.75) is 32.4 Å². The van der Waals surface area contributed by atoms with Gasteiger partial charge in [0.05, 0.1) is 19.8 Å². The van der Waals surface area contributed by atoms with E-state index in [1.165, 1.54) is 0 Å². The molecule has 0 saturated heterocycles. The van der Waals surface area contributed by atoms with Gasteiger partial charge in [-0.15, -0.1) is 0 Å². The summed E-state index contributed by atoms with van der Waals surface area (Å²) in [6.07, 6.45) is 0. The van der Waals surface area contributed by atoms with Gasteiger partial charge in [-0.2, -0.15) is 0 Å². The zero-order chi connectivity index (χ0) is 15.7. The summed E-state index contributed by atoms with van der Waals surface area (Å²) < 4.78 is 10.9. The zero-order valence-corrected chi connectivity index (χ0v) is 13.1. The molecule has 0 radical (unpaired) electrons. The number of amides is 1. The minimum absolute atomic E-state index is 0.0909. The molecule has 1 aromatic rings. The van der Waals surface area contributed by atoms with Crippen LogP contribution in [0, 0.1) is 0 Å². The van der Waals surface area contributed by atoms with Crippen LogP contribution in [0.4, 0.5) is 0 Å². The Kier molecular flexibility index (Phi) is 7.36. The first-order valence-corrected chi connectivity index (χ1v) is 7.31. The Morgan fingerprint density at radius 2 is 1.86 bits per heavy atom. The van der Waals surface area contributed by atoms with Crippen LogP contribution in [0.25, 0.3) is 0 Å². The van der Waals surface area contributed by atoms with Crippen LogP contribution in [0.5, 0.6) is 0 Å². The number of primary amides is 1.